The van der Waals surface area contributed by atoms with E-state index < -0.39 is 11.5 Å². The van der Waals surface area contributed by atoms with Gasteiger partial charge in [-0.1, -0.05) is 26.0 Å². The van der Waals surface area contributed by atoms with E-state index in [1.165, 1.54) is 18.7 Å². The van der Waals surface area contributed by atoms with E-state index in [-0.39, 0.29) is 24.0 Å². The summed E-state index contributed by atoms with van der Waals surface area (Å²) in [7, 11) is 1.27. The lowest BCUT2D eigenvalue weighted by atomic mass is 10.0. The van der Waals surface area contributed by atoms with Crippen LogP contribution in [0.25, 0.3) is 0 Å². The topological polar surface area (TPSA) is 124 Å². The van der Waals surface area contributed by atoms with Gasteiger partial charge in [0.1, 0.15) is 5.69 Å². The van der Waals surface area contributed by atoms with E-state index in [1.807, 2.05) is 24.3 Å². The second-order valence-corrected chi connectivity index (χ2v) is 5.78. The molecule has 1 aromatic heterocycles. The lowest BCUT2D eigenvalue weighted by molar-refractivity contribution is -0.365. The molecule has 8 heteroatoms. The molecule has 0 aliphatic heterocycles. The highest BCUT2D eigenvalue weighted by molar-refractivity contribution is 5.88. The molecule has 0 bridgehead atoms. The molecule has 132 valence electrons. The van der Waals surface area contributed by atoms with Crippen molar-refractivity contribution in [3.05, 3.63) is 51.9 Å². The summed E-state index contributed by atoms with van der Waals surface area (Å²) in [5.74, 6) is 0.288. The number of aromatic nitrogens is 2. The number of anilines is 1. The van der Waals surface area contributed by atoms with Gasteiger partial charge in [0.2, 0.25) is 0 Å². The molecule has 0 unspecified atom stereocenters. The Bertz CT molecular complexity index is 825. The second-order valence-electron chi connectivity index (χ2n) is 5.78. The van der Waals surface area contributed by atoms with Crippen molar-refractivity contribution in [1.82, 2.24) is 9.97 Å². The number of benzene rings is 1. The molecule has 1 aromatic carbocycles. The van der Waals surface area contributed by atoms with Gasteiger partial charge in [0, 0.05) is 6.07 Å². The molecule has 25 heavy (non-hydrogen) atoms. The number of H-pyrrole nitrogens is 1. The van der Waals surface area contributed by atoms with Crippen molar-refractivity contribution < 1.29 is 14.5 Å². The Balaban J connectivity index is 2.15. The molecule has 0 amide bonds. The summed E-state index contributed by atoms with van der Waals surface area (Å²) in [6.45, 7) is 4.24. The first-order valence-corrected chi connectivity index (χ1v) is 7.81. The Labute approximate surface area is 145 Å². The van der Waals surface area contributed by atoms with Crippen molar-refractivity contribution in [2.45, 2.75) is 26.2 Å². The number of methoxy groups -OCH3 is 1. The first kappa shape index (κ1) is 18.2. The van der Waals surface area contributed by atoms with Crippen LogP contribution in [-0.2, 0) is 16.0 Å². The normalized spacial score (nSPS) is 11.4. The smallest absolute Gasteiger partial charge is 0.325 e. The lowest BCUT2D eigenvalue weighted by Crippen LogP contribution is -2.73. The average Bonchev–Trinajstić information content (AvgIpc) is 2.54. The third-order valence-electron chi connectivity index (χ3n) is 3.46. The molecule has 2 aromatic rings. The lowest BCUT2D eigenvalue weighted by Gasteiger charge is -2.06. The van der Waals surface area contributed by atoms with Gasteiger partial charge in [-0.25, -0.2) is 9.98 Å². The van der Waals surface area contributed by atoms with Crippen molar-refractivity contribution >= 4 is 23.6 Å². The molecule has 1 heterocycles. The zero-order valence-corrected chi connectivity index (χ0v) is 14.4. The van der Waals surface area contributed by atoms with Crippen molar-refractivity contribution in [1.29, 1.82) is 0 Å². The number of ether oxygens (including phenoxy) is 1. The van der Waals surface area contributed by atoms with Gasteiger partial charge < -0.3 is 10.5 Å². The molecule has 0 fully saturated rings. The molecule has 0 spiro atoms. The van der Waals surface area contributed by atoms with Gasteiger partial charge in [-0.2, -0.15) is 0 Å². The Morgan fingerprint density at radius 3 is 2.64 bits per heavy atom. The minimum absolute atomic E-state index is 0.0981. The van der Waals surface area contributed by atoms with Gasteiger partial charge >= 0.3 is 11.9 Å². The number of hydrogen-bond acceptors (Lipinski definition) is 4. The molecule has 0 saturated carbocycles. The number of carbonyl (C=O) groups is 1. The Hall–Kier alpha value is -3.16. The van der Waals surface area contributed by atoms with E-state index in [0.29, 0.717) is 5.92 Å². The number of hydrogen-bond donors (Lipinski definition) is 4. The maximum absolute atomic E-state index is 11.7. The average molecular weight is 344 g/mol. The van der Waals surface area contributed by atoms with Crippen LogP contribution in [0, 0.1) is 0 Å². The molecule has 0 saturated heterocycles. The number of rotatable bonds is 5. The van der Waals surface area contributed by atoms with E-state index in [0.717, 1.165) is 5.69 Å². The fourth-order valence-electron chi connectivity index (χ4n) is 2.14. The monoisotopic (exact) mass is 344 g/mol. The van der Waals surface area contributed by atoms with Crippen LogP contribution in [-0.4, -0.2) is 29.0 Å². The van der Waals surface area contributed by atoms with Crippen LogP contribution < -0.4 is 21.6 Å². The van der Waals surface area contributed by atoms with Crippen LogP contribution in [0.15, 0.2) is 35.1 Å². The molecule has 0 aliphatic carbocycles. The van der Waals surface area contributed by atoms with Gasteiger partial charge in [0.05, 0.1) is 19.2 Å². The summed E-state index contributed by atoms with van der Waals surface area (Å²) in [5, 5.41) is 2.98. The Morgan fingerprint density at radius 1 is 1.36 bits per heavy atom. The maximum Gasteiger partial charge on any atom is 0.325 e. The summed E-state index contributed by atoms with van der Waals surface area (Å²) in [6.07, 6.45) is -0.0981. The summed E-state index contributed by atoms with van der Waals surface area (Å²) in [6, 6.07) is 9.08. The summed E-state index contributed by atoms with van der Waals surface area (Å²) < 4.78 is 4.57. The van der Waals surface area contributed by atoms with Gasteiger partial charge in [-0.3, -0.25) is 14.9 Å². The van der Waals surface area contributed by atoms with Gasteiger partial charge in [-0.15, -0.1) is 4.98 Å². The summed E-state index contributed by atoms with van der Waals surface area (Å²) in [5.41, 5.74) is 7.81. The zero-order valence-electron chi connectivity index (χ0n) is 14.4. The second kappa shape index (κ2) is 8.09. The van der Waals surface area contributed by atoms with Crippen molar-refractivity contribution in [3.8, 4) is 0 Å². The van der Waals surface area contributed by atoms with E-state index in [1.54, 1.807) is 0 Å². The molecule has 0 radical (unpaired) electrons. The minimum atomic E-state index is -0.482. The van der Waals surface area contributed by atoms with Gasteiger partial charge in [0.25, 0.3) is 11.5 Å². The quantitative estimate of drug-likeness (QED) is 0.337. The van der Waals surface area contributed by atoms with Crippen LogP contribution in [0.1, 0.15) is 31.0 Å². The van der Waals surface area contributed by atoms with Crippen LogP contribution >= 0.6 is 0 Å². The number of nitrogens with zero attached hydrogens (tertiary/aromatic N) is 1. The SMILES string of the molecule is COC(=O)Cc1cc(=O)[nH]c([NH+]=C(N)Nc2ccc(C(C)C)cc2)n1. The minimum Gasteiger partial charge on any atom is -0.469 e. The van der Waals surface area contributed by atoms with E-state index in [9.17, 15) is 9.59 Å². The summed E-state index contributed by atoms with van der Waals surface area (Å²) >= 11 is 0. The molecule has 0 aliphatic rings. The molecular weight excluding hydrogens is 322 g/mol. The van der Waals surface area contributed by atoms with Crippen LogP contribution in [0.5, 0.6) is 0 Å². The fraction of sp³-hybridized carbons (Fsp3) is 0.294. The largest absolute Gasteiger partial charge is 0.469 e. The van der Waals surface area contributed by atoms with Crippen molar-refractivity contribution in [3.63, 3.8) is 0 Å². The van der Waals surface area contributed by atoms with E-state index >= 15 is 0 Å². The predicted octanol–water partition coefficient (Wildman–Crippen LogP) is -0.252. The third kappa shape index (κ3) is 5.45. The first-order valence-electron chi connectivity index (χ1n) is 7.81. The highest BCUT2D eigenvalue weighted by Gasteiger charge is 2.11. The maximum atomic E-state index is 11.7. The highest BCUT2D eigenvalue weighted by atomic mass is 16.5. The van der Waals surface area contributed by atoms with E-state index in [2.05, 4.69) is 38.9 Å². The molecule has 8 nitrogen and oxygen atoms in total. The number of esters is 1. The van der Waals surface area contributed by atoms with E-state index in [4.69, 9.17) is 5.73 Å². The molecule has 5 N–H and O–H groups in total. The standard InChI is InChI=1S/C17H21N5O3/c1-10(2)11-4-6-12(7-5-11)19-16(18)22-17-20-13(8-14(23)21-17)9-15(24)25-3/h4-8,10H,9H2,1-3H3,(H4,18,19,20,21,22,23)/p+1. The first-order chi connectivity index (χ1) is 11.9. The van der Waals surface area contributed by atoms with Crippen LogP contribution in [0.3, 0.4) is 0 Å². The van der Waals surface area contributed by atoms with Crippen LogP contribution in [0.4, 0.5) is 11.6 Å². The van der Waals surface area contributed by atoms with Gasteiger partial charge in [0.15, 0.2) is 0 Å². The van der Waals surface area contributed by atoms with Crippen LogP contribution in [0.2, 0.25) is 0 Å². The third-order valence-corrected chi connectivity index (χ3v) is 3.46. The Kier molecular flexibility index (Phi) is 5.89. The zero-order chi connectivity index (χ0) is 18.4. The number of nitrogens with one attached hydrogen (secondary N) is 3. The molecular formula is C17H22N5O3+. The van der Waals surface area contributed by atoms with Crippen molar-refractivity contribution in [2.75, 3.05) is 12.4 Å². The molecule has 0 atom stereocenters. The summed E-state index contributed by atoms with van der Waals surface area (Å²) in [4.78, 5) is 32.4. The predicted molar refractivity (Wildman–Crippen MR) is 94.5 cm³/mol. The van der Waals surface area contributed by atoms with Gasteiger partial charge in [-0.05, 0) is 23.6 Å². The van der Waals surface area contributed by atoms with Crippen molar-refractivity contribution in [2.24, 2.45) is 5.73 Å². The molecule has 2 rings (SSSR count). The Morgan fingerprint density at radius 2 is 2.04 bits per heavy atom. The number of nitrogens with two attached hydrogens (primary N) is 1. The highest BCUT2D eigenvalue weighted by Crippen LogP contribution is 2.16. The number of guanidine groups is 1. The fourth-order valence-corrected chi connectivity index (χ4v) is 2.14. The number of aromatic amines is 1. The number of carbonyl (C=O) groups excluding carboxylic acids is 1.